The van der Waals surface area contributed by atoms with E-state index in [1.165, 1.54) is 0 Å². The molecular weight excluding hydrogens is 309 g/mol. The highest BCUT2D eigenvalue weighted by Gasteiger charge is 2.28. The summed E-state index contributed by atoms with van der Waals surface area (Å²) >= 11 is 0. The Bertz CT molecular complexity index is 536. The fourth-order valence-electron chi connectivity index (χ4n) is 2.21. The number of halogens is 5. The van der Waals surface area contributed by atoms with Gasteiger partial charge in [-0.3, -0.25) is 4.79 Å². The number of carboxylic acids is 1. The van der Waals surface area contributed by atoms with E-state index in [9.17, 15) is 26.7 Å². The number of hydrogen-bond acceptors (Lipinski definition) is 2. The van der Waals surface area contributed by atoms with Crippen LogP contribution in [0.15, 0.2) is 0 Å². The lowest BCUT2D eigenvalue weighted by Crippen LogP contribution is -2.26. The first kappa shape index (κ1) is 18.3. The van der Waals surface area contributed by atoms with Gasteiger partial charge in [0.2, 0.25) is 5.82 Å². The van der Waals surface area contributed by atoms with Crippen molar-refractivity contribution in [3.05, 3.63) is 34.6 Å². The lowest BCUT2D eigenvalue weighted by atomic mass is 9.87. The van der Waals surface area contributed by atoms with E-state index in [1.54, 1.807) is 6.92 Å². The van der Waals surface area contributed by atoms with Crippen molar-refractivity contribution in [2.75, 3.05) is 6.54 Å². The first-order valence-electron chi connectivity index (χ1n) is 6.67. The van der Waals surface area contributed by atoms with Crippen LogP contribution in [0.1, 0.15) is 25.3 Å². The first-order valence-corrected chi connectivity index (χ1v) is 6.67. The maximum absolute atomic E-state index is 13.6. The number of hydrogen-bond donors (Lipinski definition) is 2. The van der Waals surface area contributed by atoms with Crippen LogP contribution in [0.2, 0.25) is 0 Å². The number of aliphatic carboxylic acids is 1. The highest BCUT2D eigenvalue weighted by molar-refractivity contribution is 5.70. The Labute approximate surface area is 123 Å². The van der Waals surface area contributed by atoms with Crippen LogP contribution in [0, 0.1) is 40.9 Å². The molecule has 0 aromatic heterocycles. The topological polar surface area (TPSA) is 63.3 Å². The van der Waals surface area contributed by atoms with E-state index < -0.39 is 58.9 Å². The summed E-state index contributed by atoms with van der Waals surface area (Å²) in [6.45, 7) is 1.45. The SMILES string of the molecule is CCC(Cc1c(F)c(F)c(F)c(F)c1F)CC(CN)C(=O)O. The van der Waals surface area contributed by atoms with Crippen molar-refractivity contribution in [3.8, 4) is 0 Å². The summed E-state index contributed by atoms with van der Waals surface area (Å²) in [5.74, 6) is -12.7. The normalized spacial score (nSPS) is 14.0. The van der Waals surface area contributed by atoms with Gasteiger partial charge in [0, 0.05) is 12.1 Å². The standard InChI is InChI=1S/C14H16F5NO2/c1-2-6(3-7(5-20)14(21)22)4-8-9(15)11(17)13(19)12(18)10(8)16/h6-7H,2-5,20H2,1H3,(H,21,22). The van der Waals surface area contributed by atoms with E-state index >= 15 is 0 Å². The molecule has 124 valence electrons. The first-order chi connectivity index (χ1) is 10.2. The summed E-state index contributed by atoms with van der Waals surface area (Å²) in [4.78, 5) is 10.9. The minimum absolute atomic E-state index is 0.0121. The molecule has 3 N–H and O–H groups in total. The maximum Gasteiger partial charge on any atom is 0.307 e. The number of nitrogens with two attached hydrogens (primary N) is 1. The van der Waals surface area contributed by atoms with Gasteiger partial charge >= 0.3 is 5.97 Å². The van der Waals surface area contributed by atoms with Gasteiger partial charge in [0.25, 0.3) is 0 Å². The molecule has 0 aliphatic rings. The molecule has 3 nitrogen and oxygen atoms in total. The van der Waals surface area contributed by atoms with Gasteiger partial charge in [-0.05, 0) is 18.8 Å². The van der Waals surface area contributed by atoms with Gasteiger partial charge in [0.1, 0.15) is 0 Å². The highest BCUT2D eigenvalue weighted by Crippen LogP contribution is 2.28. The van der Waals surface area contributed by atoms with Crippen molar-refractivity contribution in [2.45, 2.75) is 26.2 Å². The van der Waals surface area contributed by atoms with E-state index in [0.717, 1.165) is 0 Å². The van der Waals surface area contributed by atoms with E-state index in [-0.39, 0.29) is 13.0 Å². The molecule has 0 saturated heterocycles. The van der Waals surface area contributed by atoms with Crippen LogP contribution < -0.4 is 5.73 Å². The average molecular weight is 325 g/mol. The number of benzene rings is 1. The second-order valence-electron chi connectivity index (χ2n) is 5.03. The second kappa shape index (κ2) is 7.53. The van der Waals surface area contributed by atoms with Gasteiger partial charge < -0.3 is 10.8 Å². The Balaban J connectivity index is 3.09. The summed E-state index contributed by atoms with van der Waals surface area (Å²) in [6, 6.07) is 0. The highest BCUT2D eigenvalue weighted by atomic mass is 19.2. The summed E-state index contributed by atoms with van der Waals surface area (Å²) in [5, 5.41) is 8.92. The van der Waals surface area contributed by atoms with Gasteiger partial charge in [-0.15, -0.1) is 0 Å². The quantitative estimate of drug-likeness (QED) is 0.460. The van der Waals surface area contributed by atoms with Gasteiger partial charge in [-0.2, -0.15) is 0 Å². The molecule has 22 heavy (non-hydrogen) atoms. The van der Waals surface area contributed by atoms with Gasteiger partial charge in [-0.1, -0.05) is 13.3 Å². The third kappa shape index (κ3) is 3.73. The molecule has 0 radical (unpaired) electrons. The lowest BCUT2D eigenvalue weighted by molar-refractivity contribution is -0.142. The van der Waals surface area contributed by atoms with E-state index in [2.05, 4.69) is 0 Å². The molecule has 1 aromatic rings. The van der Waals surface area contributed by atoms with Gasteiger partial charge in [-0.25, -0.2) is 22.0 Å². The number of rotatable bonds is 7. The molecule has 0 bridgehead atoms. The van der Waals surface area contributed by atoms with Crippen molar-refractivity contribution in [3.63, 3.8) is 0 Å². The van der Waals surface area contributed by atoms with Crippen LogP contribution in [-0.4, -0.2) is 17.6 Å². The minimum atomic E-state index is -2.21. The monoisotopic (exact) mass is 325 g/mol. The second-order valence-corrected chi connectivity index (χ2v) is 5.03. The van der Waals surface area contributed by atoms with Crippen molar-refractivity contribution >= 4 is 5.97 Å². The van der Waals surface area contributed by atoms with Crippen molar-refractivity contribution in [2.24, 2.45) is 17.6 Å². The Kier molecular flexibility index (Phi) is 6.28. The smallest absolute Gasteiger partial charge is 0.307 e. The van der Waals surface area contributed by atoms with Crippen LogP contribution in [-0.2, 0) is 11.2 Å². The van der Waals surface area contributed by atoms with Crippen molar-refractivity contribution in [1.29, 1.82) is 0 Å². The molecule has 0 aliphatic heterocycles. The number of carbonyl (C=O) groups is 1. The molecule has 2 unspecified atom stereocenters. The predicted molar refractivity (Wildman–Crippen MR) is 68.5 cm³/mol. The molecular formula is C14H16F5NO2. The van der Waals surface area contributed by atoms with Crippen molar-refractivity contribution < 1.29 is 31.9 Å². The fourth-order valence-corrected chi connectivity index (χ4v) is 2.21. The van der Waals surface area contributed by atoms with Crippen molar-refractivity contribution in [1.82, 2.24) is 0 Å². The fraction of sp³-hybridized carbons (Fsp3) is 0.500. The third-order valence-electron chi connectivity index (χ3n) is 3.62. The molecule has 0 fully saturated rings. The Morgan fingerprint density at radius 2 is 1.50 bits per heavy atom. The van der Waals surface area contributed by atoms with Crippen LogP contribution in [0.3, 0.4) is 0 Å². The van der Waals surface area contributed by atoms with Crippen LogP contribution in [0.5, 0.6) is 0 Å². The summed E-state index contributed by atoms with van der Waals surface area (Å²) in [7, 11) is 0. The molecule has 0 amide bonds. The molecule has 0 saturated carbocycles. The Morgan fingerprint density at radius 3 is 1.86 bits per heavy atom. The maximum atomic E-state index is 13.6. The molecule has 1 aromatic carbocycles. The molecule has 2 atom stereocenters. The molecule has 0 spiro atoms. The minimum Gasteiger partial charge on any atom is -0.481 e. The molecule has 0 heterocycles. The lowest BCUT2D eigenvalue weighted by Gasteiger charge is -2.19. The summed E-state index contributed by atoms with van der Waals surface area (Å²) in [5.41, 5.74) is 4.37. The Morgan fingerprint density at radius 1 is 1.05 bits per heavy atom. The zero-order chi connectivity index (χ0) is 17.0. The molecule has 0 aliphatic carbocycles. The molecule has 8 heteroatoms. The van der Waals surface area contributed by atoms with Gasteiger partial charge in [0.15, 0.2) is 23.3 Å². The Hall–Kier alpha value is -1.70. The largest absolute Gasteiger partial charge is 0.481 e. The summed E-state index contributed by atoms with van der Waals surface area (Å²) in [6.07, 6.45) is -0.156. The molecule has 1 rings (SSSR count). The summed E-state index contributed by atoms with van der Waals surface area (Å²) < 4.78 is 66.5. The van der Waals surface area contributed by atoms with E-state index in [1.807, 2.05) is 0 Å². The van der Waals surface area contributed by atoms with Crippen LogP contribution >= 0.6 is 0 Å². The number of carboxylic acid groups (broad SMARTS) is 1. The predicted octanol–water partition coefficient (Wildman–Crippen LogP) is 3.00. The van der Waals surface area contributed by atoms with Gasteiger partial charge in [0.05, 0.1) is 5.92 Å². The average Bonchev–Trinajstić information content (AvgIpc) is 2.50. The zero-order valence-electron chi connectivity index (χ0n) is 11.8. The van der Waals surface area contributed by atoms with E-state index in [4.69, 9.17) is 10.8 Å². The van der Waals surface area contributed by atoms with Crippen LogP contribution in [0.25, 0.3) is 0 Å². The van der Waals surface area contributed by atoms with Crippen LogP contribution in [0.4, 0.5) is 22.0 Å². The van der Waals surface area contributed by atoms with E-state index in [0.29, 0.717) is 6.42 Å². The third-order valence-corrected chi connectivity index (χ3v) is 3.62. The zero-order valence-corrected chi connectivity index (χ0v) is 11.8.